The minimum absolute atomic E-state index is 0.150. The first-order chi connectivity index (χ1) is 9.42. The van der Waals surface area contributed by atoms with Gasteiger partial charge in [0.2, 0.25) is 10.0 Å². The SMILES string of the molecule is CS(=O)(=O)NCCNC(=O)c1cccc(C#CCN)c1. The molecule has 1 aromatic carbocycles. The molecule has 0 aromatic heterocycles. The van der Waals surface area contributed by atoms with Crippen molar-refractivity contribution in [2.24, 2.45) is 5.73 Å². The summed E-state index contributed by atoms with van der Waals surface area (Å²) in [5, 5.41) is 2.62. The summed E-state index contributed by atoms with van der Waals surface area (Å²) >= 11 is 0. The Balaban J connectivity index is 2.55. The molecule has 0 saturated heterocycles. The number of sulfonamides is 1. The van der Waals surface area contributed by atoms with Crippen LogP contribution in [0.2, 0.25) is 0 Å². The molecule has 1 amide bonds. The minimum atomic E-state index is -3.24. The molecule has 1 aromatic rings. The molecule has 0 saturated carbocycles. The molecule has 0 atom stereocenters. The van der Waals surface area contributed by atoms with Crippen molar-refractivity contribution in [2.45, 2.75) is 0 Å². The van der Waals surface area contributed by atoms with Crippen LogP contribution in [0.4, 0.5) is 0 Å². The third kappa shape index (κ3) is 6.33. The van der Waals surface area contributed by atoms with Crippen molar-refractivity contribution in [1.29, 1.82) is 0 Å². The van der Waals surface area contributed by atoms with E-state index in [-0.39, 0.29) is 25.5 Å². The second kappa shape index (κ2) is 7.65. The molecule has 0 radical (unpaired) electrons. The third-order valence-electron chi connectivity index (χ3n) is 2.23. The normalized spacial score (nSPS) is 10.5. The molecule has 0 unspecified atom stereocenters. The van der Waals surface area contributed by atoms with Crippen LogP contribution >= 0.6 is 0 Å². The van der Waals surface area contributed by atoms with Crippen LogP contribution < -0.4 is 15.8 Å². The molecule has 0 spiro atoms. The zero-order chi connectivity index (χ0) is 15.0. The van der Waals surface area contributed by atoms with E-state index in [1.807, 2.05) is 0 Å². The third-order valence-corrected chi connectivity index (χ3v) is 2.96. The van der Waals surface area contributed by atoms with Crippen LogP contribution in [-0.2, 0) is 10.0 Å². The summed E-state index contributed by atoms with van der Waals surface area (Å²) in [6, 6.07) is 6.82. The summed E-state index contributed by atoms with van der Waals surface area (Å²) in [5.41, 5.74) is 6.45. The van der Waals surface area contributed by atoms with Gasteiger partial charge in [0.25, 0.3) is 5.91 Å². The van der Waals surface area contributed by atoms with Crippen molar-refractivity contribution >= 4 is 15.9 Å². The van der Waals surface area contributed by atoms with Gasteiger partial charge in [-0.15, -0.1) is 0 Å². The lowest BCUT2D eigenvalue weighted by molar-refractivity contribution is 0.0954. The maximum Gasteiger partial charge on any atom is 0.251 e. The van der Waals surface area contributed by atoms with Crippen LogP contribution in [-0.4, -0.2) is 40.2 Å². The molecule has 0 aliphatic heterocycles. The first-order valence-corrected chi connectivity index (χ1v) is 7.83. The number of rotatable bonds is 5. The summed E-state index contributed by atoms with van der Waals surface area (Å²) < 4.78 is 24.0. The van der Waals surface area contributed by atoms with Gasteiger partial charge in [-0.25, -0.2) is 13.1 Å². The highest BCUT2D eigenvalue weighted by atomic mass is 32.2. The molecule has 0 aliphatic rings. The van der Waals surface area contributed by atoms with Gasteiger partial charge in [0.15, 0.2) is 0 Å². The van der Waals surface area contributed by atoms with Gasteiger partial charge in [-0.1, -0.05) is 17.9 Å². The zero-order valence-electron chi connectivity index (χ0n) is 11.1. The molecule has 4 N–H and O–H groups in total. The number of hydrogen-bond acceptors (Lipinski definition) is 4. The Bertz CT molecular complexity index is 630. The Labute approximate surface area is 118 Å². The zero-order valence-corrected chi connectivity index (χ0v) is 12.0. The minimum Gasteiger partial charge on any atom is -0.351 e. The smallest absolute Gasteiger partial charge is 0.251 e. The van der Waals surface area contributed by atoms with E-state index in [4.69, 9.17) is 5.73 Å². The van der Waals surface area contributed by atoms with Gasteiger partial charge in [-0.05, 0) is 18.2 Å². The maximum absolute atomic E-state index is 11.8. The molecule has 0 fully saturated rings. The summed E-state index contributed by atoms with van der Waals surface area (Å²) in [6.07, 6.45) is 1.06. The van der Waals surface area contributed by atoms with E-state index < -0.39 is 10.0 Å². The highest BCUT2D eigenvalue weighted by molar-refractivity contribution is 7.88. The van der Waals surface area contributed by atoms with Gasteiger partial charge >= 0.3 is 0 Å². The van der Waals surface area contributed by atoms with Crippen LogP contribution in [0.3, 0.4) is 0 Å². The van der Waals surface area contributed by atoms with Gasteiger partial charge in [0.05, 0.1) is 12.8 Å². The van der Waals surface area contributed by atoms with Crippen molar-refractivity contribution in [3.63, 3.8) is 0 Å². The number of benzene rings is 1. The fourth-order valence-electron chi connectivity index (χ4n) is 1.41. The first-order valence-electron chi connectivity index (χ1n) is 5.94. The molecule has 0 bridgehead atoms. The lowest BCUT2D eigenvalue weighted by Crippen LogP contribution is -2.34. The lowest BCUT2D eigenvalue weighted by Gasteiger charge is -2.06. The van der Waals surface area contributed by atoms with Crippen LogP contribution in [0, 0.1) is 11.8 Å². The van der Waals surface area contributed by atoms with Gasteiger partial charge in [0, 0.05) is 24.2 Å². The predicted molar refractivity (Wildman–Crippen MR) is 77.6 cm³/mol. The molecular weight excluding hydrogens is 278 g/mol. The Kier molecular flexibility index (Phi) is 6.18. The van der Waals surface area contributed by atoms with Crippen LogP contribution in [0.15, 0.2) is 24.3 Å². The number of amides is 1. The average Bonchev–Trinajstić information content (AvgIpc) is 2.40. The Hall–Kier alpha value is -1.88. The topological polar surface area (TPSA) is 101 Å². The first kappa shape index (κ1) is 16.2. The van der Waals surface area contributed by atoms with Gasteiger partial charge < -0.3 is 11.1 Å². The second-order valence-electron chi connectivity index (χ2n) is 4.01. The van der Waals surface area contributed by atoms with Gasteiger partial charge in [0.1, 0.15) is 0 Å². The van der Waals surface area contributed by atoms with Crippen molar-refractivity contribution < 1.29 is 13.2 Å². The second-order valence-corrected chi connectivity index (χ2v) is 5.84. The van der Waals surface area contributed by atoms with Crippen molar-refractivity contribution in [1.82, 2.24) is 10.0 Å². The maximum atomic E-state index is 11.8. The summed E-state index contributed by atoms with van der Waals surface area (Å²) in [6.45, 7) is 0.620. The molecule has 20 heavy (non-hydrogen) atoms. The molecule has 1 rings (SSSR count). The monoisotopic (exact) mass is 295 g/mol. The van der Waals surface area contributed by atoms with Gasteiger partial charge in [-0.2, -0.15) is 0 Å². The Morgan fingerprint density at radius 3 is 2.75 bits per heavy atom. The quantitative estimate of drug-likeness (QED) is 0.492. The predicted octanol–water partition coefficient (Wildman–Crippen LogP) is -0.724. The average molecular weight is 295 g/mol. The summed E-state index contributed by atoms with van der Waals surface area (Å²) in [5.74, 6) is 5.27. The van der Waals surface area contributed by atoms with Crippen LogP contribution in [0.5, 0.6) is 0 Å². The highest BCUT2D eigenvalue weighted by Gasteiger charge is 2.05. The fourth-order valence-corrected chi connectivity index (χ4v) is 1.88. The molecule has 0 aliphatic carbocycles. The standard InChI is InChI=1S/C13H17N3O3S/c1-20(18,19)16-9-8-15-13(17)12-6-2-4-11(10-12)5-3-7-14/h2,4,6,10,16H,7-9,14H2,1H3,(H,15,17). The number of nitrogens with two attached hydrogens (primary N) is 1. The Morgan fingerprint density at radius 2 is 2.10 bits per heavy atom. The Morgan fingerprint density at radius 1 is 1.35 bits per heavy atom. The van der Waals surface area contributed by atoms with Crippen LogP contribution in [0.1, 0.15) is 15.9 Å². The van der Waals surface area contributed by atoms with E-state index >= 15 is 0 Å². The molecule has 108 valence electrons. The summed E-state index contributed by atoms with van der Waals surface area (Å²) in [4.78, 5) is 11.8. The highest BCUT2D eigenvalue weighted by Crippen LogP contribution is 2.03. The van der Waals surface area contributed by atoms with Crippen molar-refractivity contribution in [3.8, 4) is 11.8 Å². The van der Waals surface area contributed by atoms with E-state index in [2.05, 4.69) is 21.9 Å². The van der Waals surface area contributed by atoms with E-state index in [9.17, 15) is 13.2 Å². The lowest BCUT2D eigenvalue weighted by atomic mass is 10.1. The van der Waals surface area contributed by atoms with Crippen LogP contribution in [0.25, 0.3) is 0 Å². The van der Waals surface area contributed by atoms with Crippen molar-refractivity contribution in [2.75, 3.05) is 25.9 Å². The van der Waals surface area contributed by atoms with E-state index in [0.29, 0.717) is 11.1 Å². The number of nitrogens with one attached hydrogen (secondary N) is 2. The largest absolute Gasteiger partial charge is 0.351 e. The number of carbonyl (C=O) groups is 1. The van der Waals surface area contributed by atoms with Crippen molar-refractivity contribution in [3.05, 3.63) is 35.4 Å². The van der Waals surface area contributed by atoms with E-state index in [0.717, 1.165) is 6.26 Å². The molecule has 0 heterocycles. The summed E-state index contributed by atoms with van der Waals surface area (Å²) in [7, 11) is -3.24. The molecular formula is C13H17N3O3S. The van der Waals surface area contributed by atoms with E-state index in [1.165, 1.54) is 0 Å². The number of carbonyl (C=O) groups excluding carboxylic acids is 1. The van der Waals surface area contributed by atoms with Gasteiger partial charge in [-0.3, -0.25) is 4.79 Å². The fraction of sp³-hybridized carbons (Fsp3) is 0.308. The van der Waals surface area contributed by atoms with E-state index in [1.54, 1.807) is 24.3 Å². The molecule has 7 heteroatoms. The number of hydrogen-bond donors (Lipinski definition) is 3. The molecule has 6 nitrogen and oxygen atoms in total.